The van der Waals surface area contributed by atoms with Gasteiger partial charge in [0.25, 0.3) is 0 Å². The number of nitrogens with zero attached hydrogens (tertiary/aromatic N) is 1. The maximum atomic E-state index is 11.2. The van der Waals surface area contributed by atoms with E-state index in [1.54, 1.807) is 6.92 Å². The van der Waals surface area contributed by atoms with Crippen LogP contribution in [0.15, 0.2) is 24.3 Å². The van der Waals surface area contributed by atoms with Gasteiger partial charge in [0, 0.05) is 30.9 Å². The van der Waals surface area contributed by atoms with Gasteiger partial charge in [0.1, 0.15) is 0 Å². The number of benzene rings is 1. The number of carbonyl (C=O) groups is 1. The van der Waals surface area contributed by atoms with Crippen LogP contribution < -0.4 is 4.90 Å². The standard InChI is InChI=1S/C15H21NO2/c1-3-18-15-5-4-10-16(11-15)14-8-6-13(7-9-14)12(2)17/h6-9,15H,3-5,10-11H2,1-2H3. The van der Waals surface area contributed by atoms with Crippen molar-refractivity contribution in [1.82, 2.24) is 0 Å². The molecule has 18 heavy (non-hydrogen) atoms. The summed E-state index contributed by atoms with van der Waals surface area (Å²) >= 11 is 0. The van der Waals surface area contributed by atoms with Crippen molar-refractivity contribution in [2.45, 2.75) is 32.8 Å². The number of ketones is 1. The number of carbonyl (C=O) groups excluding carboxylic acids is 1. The van der Waals surface area contributed by atoms with Crippen LogP contribution in [0.4, 0.5) is 5.69 Å². The summed E-state index contributed by atoms with van der Waals surface area (Å²) in [6.07, 6.45) is 2.66. The van der Waals surface area contributed by atoms with E-state index in [-0.39, 0.29) is 5.78 Å². The Hall–Kier alpha value is -1.35. The average molecular weight is 247 g/mol. The van der Waals surface area contributed by atoms with Gasteiger partial charge < -0.3 is 9.64 Å². The fourth-order valence-corrected chi connectivity index (χ4v) is 2.45. The van der Waals surface area contributed by atoms with Gasteiger partial charge in [0.15, 0.2) is 5.78 Å². The number of anilines is 1. The highest BCUT2D eigenvalue weighted by atomic mass is 16.5. The number of piperidine rings is 1. The van der Waals surface area contributed by atoms with Crippen LogP contribution in [0.3, 0.4) is 0 Å². The Balaban J connectivity index is 2.04. The van der Waals surface area contributed by atoms with Crippen LogP contribution in [0.25, 0.3) is 0 Å². The Morgan fingerprint density at radius 3 is 2.72 bits per heavy atom. The van der Waals surface area contributed by atoms with E-state index < -0.39 is 0 Å². The molecule has 1 aliphatic rings. The Morgan fingerprint density at radius 1 is 1.39 bits per heavy atom. The predicted octanol–water partition coefficient (Wildman–Crippen LogP) is 2.89. The van der Waals surface area contributed by atoms with Gasteiger partial charge in [-0.3, -0.25) is 4.79 Å². The van der Waals surface area contributed by atoms with E-state index >= 15 is 0 Å². The van der Waals surface area contributed by atoms with Crippen molar-refractivity contribution in [2.24, 2.45) is 0 Å². The van der Waals surface area contributed by atoms with Crippen LogP contribution in [0.1, 0.15) is 37.0 Å². The SMILES string of the molecule is CCOC1CCCN(c2ccc(C(C)=O)cc2)C1. The minimum atomic E-state index is 0.118. The summed E-state index contributed by atoms with van der Waals surface area (Å²) in [5, 5.41) is 0. The lowest BCUT2D eigenvalue weighted by Gasteiger charge is -2.34. The van der Waals surface area contributed by atoms with Crippen molar-refractivity contribution in [3.05, 3.63) is 29.8 Å². The van der Waals surface area contributed by atoms with E-state index in [9.17, 15) is 4.79 Å². The second-order valence-electron chi connectivity index (χ2n) is 4.77. The van der Waals surface area contributed by atoms with E-state index in [2.05, 4.69) is 4.90 Å². The molecule has 1 aromatic rings. The molecule has 0 radical (unpaired) electrons. The minimum Gasteiger partial charge on any atom is -0.377 e. The Morgan fingerprint density at radius 2 is 2.11 bits per heavy atom. The molecule has 1 aliphatic heterocycles. The molecule has 0 bridgehead atoms. The van der Waals surface area contributed by atoms with Gasteiger partial charge in [-0.25, -0.2) is 0 Å². The summed E-state index contributed by atoms with van der Waals surface area (Å²) in [5.41, 5.74) is 1.96. The van der Waals surface area contributed by atoms with Crippen LogP contribution >= 0.6 is 0 Å². The molecule has 1 aromatic carbocycles. The summed E-state index contributed by atoms with van der Waals surface area (Å²) in [5.74, 6) is 0.118. The van der Waals surface area contributed by atoms with Gasteiger partial charge in [-0.05, 0) is 51.0 Å². The smallest absolute Gasteiger partial charge is 0.159 e. The lowest BCUT2D eigenvalue weighted by Crippen LogP contribution is -2.39. The van der Waals surface area contributed by atoms with Crippen LogP contribution in [0.2, 0.25) is 0 Å². The molecule has 3 heteroatoms. The first-order valence-corrected chi connectivity index (χ1v) is 6.68. The zero-order valence-electron chi connectivity index (χ0n) is 11.2. The fraction of sp³-hybridized carbons (Fsp3) is 0.533. The lowest BCUT2D eigenvalue weighted by molar-refractivity contribution is 0.0526. The van der Waals surface area contributed by atoms with Crippen LogP contribution in [-0.2, 0) is 4.74 Å². The molecule has 98 valence electrons. The Labute approximate surface area is 109 Å². The molecule has 1 fully saturated rings. The van der Waals surface area contributed by atoms with Crippen molar-refractivity contribution in [3.8, 4) is 0 Å². The molecular formula is C15H21NO2. The first kappa shape index (κ1) is 13.1. The van der Waals surface area contributed by atoms with Crippen molar-refractivity contribution < 1.29 is 9.53 Å². The average Bonchev–Trinajstić information content (AvgIpc) is 2.39. The Bertz CT molecular complexity index is 397. The van der Waals surface area contributed by atoms with Gasteiger partial charge >= 0.3 is 0 Å². The zero-order valence-corrected chi connectivity index (χ0v) is 11.2. The molecule has 0 saturated carbocycles. The molecule has 0 N–H and O–H groups in total. The maximum Gasteiger partial charge on any atom is 0.159 e. The first-order valence-electron chi connectivity index (χ1n) is 6.68. The first-order chi connectivity index (χ1) is 8.70. The van der Waals surface area contributed by atoms with Crippen molar-refractivity contribution >= 4 is 11.5 Å². The molecule has 3 nitrogen and oxygen atoms in total. The maximum absolute atomic E-state index is 11.2. The monoisotopic (exact) mass is 247 g/mol. The normalized spacial score (nSPS) is 19.9. The molecule has 2 rings (SSSR count). The molecule has 0 spiro atoms. The van der Waals surface area contributed by atoms with E-state index in [0.717, 1.165) is 31.7 Å². The van der Waals surface area contributed by atoms with Gasteiger partial charge in [0.05, 0.1) is 6.10 Å². The molecule has 1 atom stereocenters. The summed E-state index contributed by atoms with van der Waals surface area (Å²) in [7, 11) is 0. The lowest BCUT2D eigenvalue weighted by atomic mass is 10.1. The molecule has 1 saturated heterocycles. The van der Waals surface area contributed by atoms with Crippen molar-refractivity contribution in [2.75, 3.05) is 24.6 Å². The number of Topliss-reactive ketones (excluding diaryl/α,β-unsaturated/α-hetero) is 1. The summed E-state index contributed by atoms with van der Waals surface area (Å²) in [6.45, 7) is 6.44. The molecule has 1 unspecified atom stereocenters. The highest BCUT2D eigenvalue weighted by molar-refractivity contribution is 5.94. The van der Waals surface area contributed by atoms with Gasteiger partial charge in [-0.15, -0.1) is 0 Å². The van der Waals surface area contributed by atoms with Gasteiger partial charge in [-0.2, -0.15) is 0 Å². The minimum absolute atomic E-state index is 0.118. The van der Waals surface area contributed by atoms with Crippen LogP contribution in [0.5, 0.6) is 0 Å². The molecule has 1 heterocycles. The third kappa shape index (κ3) is 3.10. The predicted molar refractivity (Wildman–Crippen MR) is 73.3 cm³/mol. The van der Waals surface area contributed by atoms with E-state index in [0.29, 0.717) is 6.10 Å². The van der Waals surface area contributed by atoms with E-state index in [1.165, 1.54) is 12.1 Å². The second-order valence-corrected chi connectivity index (χ2v) is 4.77. The number of ether oxygens (including phenoxy) is 1. The highest BCUT2D eigenvalue weighted by Gasteiger charge is 2.20. The van der Waals surface area contributed by atoms with Crippen LogP contribution in [0, 0.1) is 0 Å². The molecule has 0 amide bonds. The number of hydrogen-bond donors (Lipinski definition) is 0. The molecule has 0 aromatic heterocycles. The number of rotatable bonds is 4. The fourth-order valence-electron chi connectivity index (χ4n) is 2.45. The third-order valence-corrected chi connectivity index (χ3v) is 3.42. The van der Waals surface area contributed by atoms with Gasteiger partial charge in [-0.1, -0.05) is 0 Å². The summed E-state index contributed by atoms with van der Waals surface area (Å²) < 4.78 is 5.70. The third-order valence-electron chi connectivity index (χ3n) is 3.42. The molecular weight excluding hydrogens is 226 g/mol. The Kier molecular flexibility index (Phi) is 4.37. The summed E-state index contributed by atoms with van der Waals surface area (Å²) in [6, 6.07) is 7.88. The highest BCUT2D eigenvalue weighted by Crippen LogP contribution is 2.21. The number of hydrogen-bond acceptors (Lipinski definition) is 3. The quantitative estimate of drug-likeness (QED) is 0.766. The zero-order chi connectivity index (χ0) is 13.0. The van der Waals surface area contributed by atoms with E-state index in [4.69, 9.17) is 4.74 Å². The summed E-state index contributed by atoms with van der Waals surface area (Å²) in [4.78, 5) is 13.6. The van der Waals surface area contributed by atoms with Gasteiger partial charge in [0.2, 0.25) is 0 Å². The van der Waals surface area contributed by atoms with Crippen LogP contribution in [-0.4, -0.2) is 31.6 Å². The van der Waals surface area contributed by atoms with Crippen molar-refractivity contribution in [1.29, 1.82) is 0 Å². The largest absolute Gasteiger partial charge is 0.377 e. The van der Waals surface area contributed by atoms with Crippen molar-refractivity contribution in [3.63, 3.8) is 0 Å². The van der Waals surface area contributed by atoms with E-state index in [1.807, 2.05) is 31.2 Å². The topological polar surface area (TPSA) is 29.5 Å². The second kappa shape index (κ2) is 6.01. The molecule has 0 aliphatic carbocycles.